The lowest BCUT2D eigenvalue weighted by molar-refractivity contribution is -0.0710. The third-order valence-corrected chi connectivity index (χ3v) is 3.30. The minimum Gasteiger partial charge on any atom is -0.465 e. The molecular formula is C15H22FNO4. The maximum absolute atomic E-state index is 14.6. The fourth-order valence-corrected chi connectivity index (χ4v) is 2.03. The Labute approximate surface area is 123 Å². The lowest BCUT2D eigenvalue weighted by atomic mass is 9.82. The van der Waals surface area contributed by atoms with E-state index in [1.165, 1.54) is 12.1 Å². The van der Waals surface area contributed by atoms with Crippen molar-refractivity contribution in [1.29, 1.82) is 0 Å². The van der Waals surface area contributed by atoms with E-state index in [2.05, 4.69) is 0 Å². The van der Waals surface area contributed by atoms with E-state index >= 15 is 0 Å². The van der Waals surface area contributed by atoms with Crippen LogP contribution in [0, 0.1) is 5.41 Å². The topological polar surface area (TPSA) is 89.8 Å². The van der Waals surface area contributed by atoms with Gasteiger partial charge in [-0.3, -0.25) is 0 Å². The van der Waals surface area contributed by atoms with Crippen molar-refractivity contribution in [1.82, 2.24) is 5.32 Å². The van der Waals surface area contributed by atoms with Crippen LogP contribution in [0.25, 0.3) is 0 Å². The summed E-state index contributed by atoms with van der Waals surface area (Å²) in [5, 5.41) is 31.1. The Morgan fingerprint density at radius 1 is 1.19 bits per heavy atom. The number of benzene rings is 1. The Morgan fingerprint density at radius 2 is 1.71 bits per heavy atom. The Balaban J connectivity index is 3.02. The molecular weight excluding hydrogens is 277 g/mol. The van der Waals surface area contributed by atoms with Crippen molar-refractivity contribution in [2.45, 2.75) is 45.2 Å². The minimum atomic E-state index is -1.77. The molecule has 0 aromatic heterocycles. The largest absolute Gasteiger partial charge is 0.465 e. The van der Waals surface area contributed by atoms with Crippen LogP contribution in [0.15, 0.2) is 30.3 Å². The molecule has 0 fully saturated rings. The van der Waals surface area contributed by atoms with Crippen molar-refractivity contribution in [3.8, 4) is 0 Å². The van der Waals surface area contributed by atoms with Crippen LogP contribution >= 0.6 is 0 Å². The van der Waals surface area contributed by atoms with E-state index in [4.69, 9.17) is 5.11 Å². The van der Waals surface area contributed by atoms with Crippen molar-refractivity contribution in [3.05, 3.63) is 35.9 Å². The van der Waals surface area contributed by atoms with Crippen molar-refractivity contribution >= 4 is 6.09 Å². The summed E-state index contributed by atoms with van der Waals surface area (Å²) in [5.74, 6) is 0. The quantitative estimate of drug-likeness (QED) is 0.670. The van der Waals surface area contributed by atoms with Gasteiger partial charge in [-0.05, 0) is 11.0 Å². The van der Waals surface area contributed by atoms with Crippen LogP contribution < -0.4 is 5.32 Å². The van der Waals surface area contributed by atoms with Gasteiger partial charge in [-0.1, -0.05) is 51.1 Å². The first-order valence-corrected chi connectivity index (χ1v) is 6.69. The van der Waals surface area contributed by atoms with Crippen LogP contribution in [-0.2, 0) is 0 Å². The molecule has 5 nitrogen and oxygen atoms in total. The summed E-state index contributed by atoms with van der Waals surface area (Å²) in [4.78, 5) is 10.9. The number of alkyl halides is 1. The van der Waals surface area contributed by atoms with E-state index in [9.17, 15) is 19.4 Å². The lowest BCUT2D eigenvalue weighted by Crippen LogP contribution is -2.53. The second-order valence-electron chi connectivity index (χ2n) is 6.09. The molecule has 1 aromatic carbocycles. The fraction of sp³-hybridized carbons (Fsp3) is 0.533. The Hall–Kier alpha value is -1.66. The third-order valence-electron chi connectivity index (χ3n) is 3.30. The van der Waals surface area contributed by atoms with Crippen molar-refractivity contribution < 1.29 is 24.5 Å². The summed E-state index contributed by atoms with van der Waals surface area (Å²) in [6, 6.07) is 6.48. The average Bonchev–Trinajstić information content (AvgIpc) is 2.42. The van der Waals surface area contributed by atoms with E-state index in [0.29, 0.717) is 0 Å². The smallest absolute Gasteiger partial charge is 0.405 e. The maximum atomic E-state index is 14.6. The average molecular weight is 299 g/mol. The highest BCUT2D eigenvalue weighted by molar-refractivity contribution is 5.65. The molecule has 4 N–H and O–H groups in total. The molecule has 0 spiro atoms. The van der Waals surface area contributed by atoms with Crippen LogP contribution in [0.4, 0.5) is 9.18 Å². The first kappa shape index (κ1) is 17.4. The standard InChI is InChI=1S/C15H22FNO4/c1-15(2,3)13(19)12(18)11(17-14(20)21)10(16)9-7-5-4-6-8-9/h4-8,10-13,17-19H,1-3H3,(H,20,21)/t10-,11+,12?,13?/m1/s1. The van der Waals surface area contributed by atoms with Crippen LogP contribution in [0.5, 0.6) is 0 Å². The lowest BCUT2D eigenvalue weighted by Gasteiger charge is -2.35. The number of nitrogens with one attached hydrogen (secondary N) is 1. The van der Waals surface area contributed by atoms with Gasteiger partial charge in [0.15, 0.2) is 0 Å². The highest BCUT2D eigenvalue weighted by Crippen LogP contribution is 2.29. The summed E-state index contributed by atoms with van der Waals surface area (Å²) in [7, 11) is 0. The molecule has 21 heavy (non-hydrogen) atoms. The number of hydrogen-bond donors (Lipinski definition) is 4. The molecule has 4 atom stereocenters. The van der Waals surface area contributed by atoms with Crippen LogP contribution in [0.2, 0.25) is 0 Å². The molecule has 0 heterocycles. The number of hydrogen-bond acceptors (Lipinski definition) is 3. The van der Waals surface area contributed by atoms with Gasteiger partial charge in [-0.2, -0.15) is 0 Å². The molecule has 2 unspecified atom stereocenters. The number of carboxylic acid groups (broad SMARTS) is 1. The predicted octanol–water partition coefficient (Wildman–Crippen LogP) is 2.10. The molecule has 1 amide bonds. The van der Waals surface area contributed by atoms with E-state index < -0.39 is 35.9 Å². The zero-order chi connectivity index (χ0) is 16.2. The normalized spacial score (nSPS) is 17.6. The molecule has 6 heteroatoms. The van der Waals surface area contributed by atoms with Gasteiger partial charge in [-0.15, -0.1) is 0 Å². The van der Waals surface area contributed by atoms with Crippen molar-refractivity contribution in [3.63, 3.8) is 0 Å². The number of rotatable bonds is 5. The molecule has 0 saturated heterocycles. The second-order valence-corrected chi connectivity index (χ2v) is 6.09. The molecule has 0 aliphatic heterocycles. The number of amides is 1. The first-order chi connectivity index (χ1) is 9.64. The molecule has 1 aromatic rings. The monoisotopic (exact) mass is 299 g/mol. The molecule has 0 radical (unpaired) electrons. The van der Waals surface area contributed by atoms with E-state index in [1.807, 2.05) is 5.32 Å². The van der Waals surface area contributed by atoms with E-state index in [0.717, 1.165) is 0 Å². The first-order valence-electron chi connectivity index (χ1n) is 6.69. The highest BCUT2D eigenvalue weighted by Gasteiger charge is 2.39. The summed E-state index contributed by atoms with van der Waals surface area (Å²) < 4.78 is 14.6. The van der Waals surface area contributed by atoms with Crippen molar-refractivity contribution in [2.75, 3.05) is 0 Å². The fourth-order valence-electron chi connectivity index (χ4n) is 2.03. The second kappa shape index (κ2) is 6.87. The number of carbonyl (C=O) groups is 1. The molecule has 118 valence electrons. The summed E-state index contributed by atoms with van der Waals surface area (Å²) in [6.45, 7) is 5.03. The highest BCUT2D eigenvalue weighted by atomic mass is 19.1. The number of aliphatic hydroxyl groups is 2. The molecule has 0 bridgehead atoms. The Morgan fingerprint density at radius 3 is 2.14 bits per heavy atom. The predicted molar refractivity (Wildman–Crippen MR) is 76.7 cm³/mol. The van der Waals surface area contributed by atoms with Gasteiger partial charge in [0.25, 0.3) is 0 Å². The van der Waals surface area contributed by atoms with Crippen LogP contribution in [0.1, 0.15) is 32.5 Å². The maximum Gasteiger partial charge on any atom is 0.405 e. The van der Waals surface area contributed by atoms with Gasteiger partial charge >= 0.3 is 6.09 Å². The van der Waals surface area contributed by atoms with Crippen LogP contribution in [-0.4, -0.2) is 39.7 Å². The molecule has 0 aliphatic rings. The van der Waals surface area contributed by atoms with Gasteiger partial charge in [-0.25, -0.2) is 9.18 Å². The molecule has 0 aliphatic carbocycles. The van der Waals surface area contributed by atoms with E-state index in [-0.39, 0.29) is 5.56 Å². The van der Waals surface area contributed by atoms with Gasteiger partial charge in [0.1, 0.15) is 12.3 Å². The summed E-state index contributed by atoms with van der Waals surface area (Å²) in [6.07, 6.45) is -6.08. The van der Waals surface area contributed by atoms with Gasteiger partial charge < -0.3 is 20.6 Å². The van der Waals surface area contributed by atoms with Gasteiger partial charge in [0, 0.05) is 0 Å². The summed E-state index contributed by atoms with van der Waals surface area (Å²) in [5.41, 5.74) is -0.481. The zero-order valence-electron chi connectivity index (χ0n) is 12.3. The van der Waals surface area contributed by atoms with E-state index in [1.54, 1.807) is 39.0 Å². The zero-order valence-corrected chi connectivity index (χ0v) is 12.3. The Kier molecular flexibility index (Phi) is 5.69. The molecule has 1 rings (SSSR count). The minimum absolute atomic E-state index is 0.233. The molecule has 0 saturated carbocycles. The van der Waals surface area contributed by atoms with Gasteiger partial charge in [0.2, 0.25) is 0 Å². The Bertz CT molecular complexity index is 460. The SMILES string of the molecule is CC(C)(C)C(O)C(O)[C@@H](NC(=O)O)[C@H](F)c1ccccc1. The summed E-state index contributed by atoms with van der Waals surface area (Å²) >= 11 is 0. The van der Waals surface area contributed by atoms with Crippen LogP contribution in [0.3, 0.4) is 0 Å². The number of aliphatic hydroxyl groups excluding tert-OH is 2. The third kappa shape index (κ3) is 4.68. The number of halogens is 1. The van der Waals surface area contributed by atoms with Gasteiger partial charge in [0.05, 0.1) is 12.1 Å². The van der Waals surface area contributed by atoms with Crippen molar-refractivity contribution in [2.24, 2.45) is 5.41 Å².